The minimum Gasteiger partial charge on any atom is -0.334 e. The van der Waals surface area contributed by atoms with E-state index in [-0.39, 0.29) is 5.54 Å². The number of hydrogen-bond donors (Lipinski definition) is 1. The second kappa shape index (κ2) is 4.55. The van der Waals surface area contributed by atoms with E-state index >= 15 is 0 Å². The van der Waals surface area contributed by atoms with Crippen molar-refractivity contribution >= 4 is 0 Å². The third-order valence-corrected chi connectivity index (χ3v) is 3.41. The topological polar surface area (TPSA) is 47.1 Å². The summed E-state index contributed by atoms with van der Waals surface area (Å²) in [5, 5.41) is 0. The smallest absolute Gasteiger partial charge is 0.105 e. The lowest BCUT2D eigenvalue weighted by Gasteiger charge is -2.48. The highest BCUT2D eigenvalue weighted by Gasteiger charge is 2.37. The molecule has 0 unspecified atom stereocenters. The molecular formula is C12H22N4. The first-order valence-corrected chi connectivity index (χ1v) is 6.12. The molecule has 2 rings (SSSR count). The Labute approximate surface area is 97.4 Å². The van der Waals surface area contributed by atoms with Crippen molar-refractivity contribution in [1.82, 2.24) is 14.5 Å². The third-order valence-electron chi connectivity index (χ3n) is 3.41. The van der Waals surface area contributed by atoms with Crippen LogP contribution in [0.15, 0.2) is 12.4 Å². The van der Waals surface area contributed by atoms with Gasteiger partial charge >= 0.3 is 0 Å². The first-order valence-electron chi connectivity index (χ1n) is 6.12. The number of nitrogens with two attached hydrogens (primary N) is 1. The number of rotatable bonds is 5. The first kappa shape index (κ1) is 11.6. The van der Waals surface area contributed by atoms with Gasteiger partial charge in [-0.15, -0.1) is 0 Å². The molecule has 0 radical (unpaired) electrons. The van der Waals surface area contributed by atoms with Crippen molar-refractivity contribution in [3.63, 3.8) is 0 Å². The molecule has 16 heavy (non-hydrogen) atoms. The van der Waals surface area contributed by atoms with Crippen molar-refractivity contribution in [1.29, 1.82) is 0 Å². The maximum atomic E-state index is 6.22. The van der Waals surface area contributed by atoms with Gasteiger partial charge in [0.15, 0.2) is 0 Å². The number of imidazole rings is 1. The lowest BCUT2D eigenvalue weighted by atomic mass is 9.86. The van der Waals surface area contributed by atoms with Crippen LogP contribution < -0.4 is 5.73 Å². The third kappa shape index (κ3) is 2.44. The van der Waals surface area contributed by atoms with Crippen LogP contribution in [0.25, 0.3) is 0 Å². The molecule has 0 aromatic carbocycles. The lowest BCUT2D eigenvalue weighted by Crippen LogP contribution is -2.67. The zero-order valence-corrected chi connectivity index (χ0v) is 10.3. The Balaban J connectivity index is 1.72. The monoisotopic (exact) mass is 222 g/mol. The van der Waals surface area contributed by atoms with E-state index in [0.29, 0.717) is 0 Å². The molecule has 0 bridgehead atoms. The number of hydrogen-bond acceptors (Lipinski definition) is 3. The summed E-state index contributed by atoms with van der Waals surface area (Å²) < 4.78 is 2.19. The molecule has 1 fully saturated rings. The van der Waals surface area contributed by atoms with Gasteiger partial charge in [-0.05, 0) is 13.3 Å². The molecule has 0 atom stereocenters. The summed E-state index contributed by atoms with van der Waals surface area (Å²) in [6.07, 6.45) is 6.23. The molecule has 4 nitrogen and oxygen atoms in total. The van der Waals surface area contributed by atoms with Crippen LogP contribution in [-0.2, 0) is 6.54 Å². The number of aryl methyl sites for hydroxylation is 1. The summed E-state index contributed by atoms with van der Waals surface area (Å²) in [6, 6.07) is 0. The predicted molar refractivity (Wildman–Crippen MR) is 65.2 cm³/mol. The summed E-state index contributed by atoms with van der Waals surface area (Å²) in [5.41, 5.74) is 6.32. The molecule has 1 aliphatic rings. The van der Waals surface area contributed by atoms with E-state index in [4.69, 9.17) is 5.73 Å². The highest BCUT2D eigenvalue weighted by atomic mass is 15.3. The second-order valence-electron chi connectivity index (χ2n) is 4.99. The van der Waals surface area contributed by atoms with Crippen molar-refractivity contribution in [3.05, 3.63) is 18.2 Å². The van der Waals surface area contributed by atoms with Crippen LogP contribution in [0.1, 0.15) is 25.6 Å². The highest BCUT2D eigenvalue weighted by Crippen LogP contribution is 2.22. The minimum atomic E-state index is 0.0960. The molecule has 1 saturated heterocycles. The van der Waals surface area contributed by atoms with E-state index in [1.807, 2.05) is 19.3 Å². The molecule has 2 heterocycles. The van der Waals surface area contributed by atoms with Gasteiger partial charge in [-0.2, -0.15) is 0 Å². The quantitative estimate of drug-likeness (QED) is 0.808. The number of nitrogens with zero attached hydrogens (tertiary/aromatic N) is 3. The van der Waals surface area contributed by atoms with Gasteiger partial charge in [-0.3, -0.25) is 4.90 Å². The molecule has 2 N–H and O–H groups in total. The van der Waals surface area contributed by atoms with Gasteiger partial charge in [0.1, 0.15) is 5.82 Å². The van der Waals surface area contributed by atoms with Gasteiger partial charge in [0.25, 0.3) is 0 Å². The fourth-order valence-corrected chi connectivity index (χ4v) is 2.55. The zero-order chi connectivity index (χ0) is 11.6. The second-order valence-corrected chi connectivity index (χ2v) is 4.99. The van der Waals surface area contributed by atoms with Crippen LogP contribution in [0.3, 0.4) is 0 Å². The summed E-state index contributed by atoms with van der Waals surface area (Å²) in [4.78, 5) is 6.64. The molecule has 0 amide bonds. The number of aromatic nitrogens is 2. The standard InChI is InChI=1S/C12H22N4/c1-3-4-12(13)9-15(10-12)7-8-16-6-5-14-11(16)2/h5-6H,3-4,7-10,13H2,1-2H3. The Morgan fingerprint density at radius 2 is 2.19 bits per heavy atom. The average molecular weight is 222 g/mol. The maximum absolute atomic E-state index is 6.22. The van der Waals surface area contributed by atoms with Crippen LogP contribution >= 0.6 is 0 Å². The lowest BCUT2D eigenvalue weighted by molar-refractivity contribution is 0.0606. The van der Waals surface area contributed by atoms with Crippen molar-refractivity contribution < 1.29 is 0 Å². The Hall–Kier alpha value is -0.870. The van der Waals surface area contributed by atoms with Crippen molar-refractivity contribution in [2.45, 2.75) is 38.8 Å². The van der Waals surface area contributed by atoms with E-state index in [0.717, 1.165) is 38.4 Å². The van der Waals surface area contributed by atoms with E-state index in [9.17, 15) is 0 Å². The Kier molecular flexibility index (Phi) is 3.30. The summed E-state index contributed by atoms with van der Waals surface area (Å²) in [5.74, 6) is 1.09. The van der Waals surface area contributed by atoms with Gasteiger partial charge in [0.05, 0.1) is 0 Å². The van der Waals surface area contributed by atoms with Crippen LogP contribution in [0.2, 0.25) is 0 Å². The van der Waals surface area contributed by atoms with E-state index in [1.54, 1.807) is 0 Å². The summed E-state index contributed by atoms with van der Waals surface area (Å²) in [6.45, 7) is 8.45. The van der Waals surface area contributed by atoms with Crippen molar-refractivity contribution in [3.8, 4) is 0 Å². The van der Waals surface area contributed by atoms with Crippen LogP contribution in [0.5, 0.6) is 0 Å². The van der Waals surface area contributed by atoms with Crippen LogP contribution in [0, 0.1) is 6.92 Å². The summed E-state index contributed by atoms with van der Waals surface area (Å²) >= 11 is 0. The fourth-order valence-electron chi connectivity index (χ4n) is 2.55. The molecule has 1 aromatic heterocycles. The van der Waals surface area contributed by atoms with E-state index < -0.39 is 0 Å². The van der Waals surface area contributed by atoms with Crippen molar-refractivity contribution in [2.24, 2.45) is 5.73 Å². The minimum absolute atomic E-state index is 0.0960. The molecule has 0 spiro atoms. The molecule has 0 aliphatic carbocycles. The highest BCUT2D eigenvalue weighted by molar-refractivity contribution is 4.99. The average Bonchev–Trinajstić information content (AvgIpc) is 2.58. The molecule has 0 saturated carbocycles. The van der Waals surface area contributed by atoms with Gasteiger partial charge in [0.2, 0.25) is 0 Å². The molecule has 1 aromatic rings. The largest absolute Gasteiger partial charge is 0.334 e. The zero-order valence-electron chi connectivity index (χ0n) is 10.3. The number of likely N-dealkylation sites (tertiary alicyclic amines) is 1. The Bertz CT molecular complexity index is 339. The Morgan fingerprint density at radius 3 is 2.75 bits per heavy atom. The molecule has 90 valence electrons. The van der Waals surface area contributed by atoms with Gasteiger partial charge in [-0.25, -0.2) is 4.98 Å². The maximum Gasteiger partial charge on any atom is 0.105 e. The van der Waals surface area contributed by atoms with Crippen LogP contribution in [-0.4, -0.2) is 39.6 Å². The van der Waals surface area contributed by atoms with E-state index in [2.05, 4.69) is 21.4 Å². The van der Waals surface area contributed by atoms with Gasteiger partial charge in [0, 0.05) is 44.1 Å². The SMILES string of the molecule is CCCC1(N)CN(CCn2ccnc2C)C1. The normalized spacial score (nSPS) is 19.7. The molecule has 1 aliphatic heterocycles. The first-order chi connectivity index (χ1) is 7.63. The Morgan fingerprint density at radius 1 is 1.44 bits per heavy atom. The fraction of sp³-hybridized carbons (Fsp3) is 0.750. The van der Waals surface area contributed by atoms with Gasteiger partial charge in [-0.1, -0.05) is 13.3 Å². The molecular weight excluding hydrogens is 200 g/mol. The van der Waals surface area contributed by atoms with E-state index in [1.165, 1.54) is 6.42 Å². The molecule has 4 heteroatoms. The van der Waals surface area contributed by atoms with Crippen molar-refractivity contribution in [2.75, 3.05) is 19.6 Å². The predicted octanol–water partition coefficient (Wildman–Crippen LogP) is 1.00. The summed E-state index contributed by atoms with van der Waals surface area (Å²) in [7, 11) is 0. The van der Waals surface area contributed by atoms with Gasteiger partial charge < -0.3 is 10.3 Å². The van der Waals surface area contributed by atoms with Crippen LogP contribution in [0.4, 0.5) is 0 Å².